The van der Waals surface area contributed by atoms with E-state index in [4.69, 9.17) is 4.74 Å². The Labute approximate surface area is 125 Å². The molecule has 0 amide bonds. The molecule has 0 saturated heterocycles. The number of carbonyl (C=O) groups is 1. The number of benzene rings is 2. The Morgan fingerprint density at radius 2 is 1.86 bits per heavy atom. The van der Waals surface area contributed by atoms with Gasteiger partial charge in [-0.2, -0.15) is 0 Å². The minimum atomic E-state index is -0.217. The van der Waals surface area contributed by atoms with Crippen LogP contribution in [-0.2, 0) is 16.0 Å². The minimum Gasteiger partial charge on any atom is -0.465 e. The van der Waals surface area contributed by atoms with E-state index in [0.29, 0.717) is 6.61 Å². The quantitative estimate of drug-likeness (QED) is 0.780. The van der Waals surface area contributed by atoms with Gasteiger partial charge in [0.05, 0.1) is 0 Å². The molecule has 1 aliphatic carbocycles. The van der Waals surface area contributed by atoms with Crippen molar-refractivity contribution < 1.29 is 9.53 Å². The zero-order valence-electron chi connectivity index (χ0n) is 12.6. The molecule has 2 heteroatoms. The van der Waals surface area contributed by atoms with E-state index in [-0.39, 0.29) is 11.9 Å². The molecule has 0 N–H and O–H groups in total. The number of rotatable bonds is 4. The van der Waals surface area contributed by atoms with Gasteiger partial charge in [-0.25, -0.2) is 0 Å². The Hall–Kier alpha value is -2.09. The Kier molecular flexibility index (Phi) is 3.78. The largest absolute Gasteiger partial charge is 0.465 e. The highest BCUT2D eigenvalue weighted by molar-refractivity contribution is 5.79. The average Bonchev–Trinajstić information content (AvgIpc) is 2.79. The van der Waals surface area contributed by atoms with Crippen molar-refractivity contribution in [2.24, 2.45) is 0 Å². The van der Waals surface area contributed by atoms with Crippen molar-refractivity contribution >= 4 is 5.97 Å². The highest BCUT2D eigenvalue weighted by Crippen LogP contribution is 2.45. The molecule has 0 saturated carbocycles. The molecule has 0 spiro atoms. The van der Waals surface area contributed by atoms with Crippen molar-refractivity contribution in [2.75, 3.05) is 6.61 Å². The van der Waals surface area contributed by atoms with E-state index in [1.54, 1.807) is 0 Å². The van der Waals surface area contributed by atoms with Crippen LogP contribution in [-0.4, -0.2) is 12.6 Å². The number of fused-ring (bicyclic) bond motifs is 3. The van der Waals surface area contributed by atoms with Crippen molar-refractivity contribution in [3.8, 4) is 11.1 Å². The predicted octanol–water partition coefficient (Wildman–Crippen LogP) is 4.31. The van der Waals surface area contributed by atoms with E-state index < -0.39 is 0 Å². The van der Waals surface area contributed by atoms with Crippen molar-refractivity contribution in [1.29, 1.82) is 0 Å². The SMILES string of the molecule is CCCc1ccc2c(c1)C(COC(C)=O)c1ccccc1-2. The van der Waals surface area contributed by atoms with Crippen LogP contribution in [0.3, 0.4) is 0 Å². The molecule has 21 heavy (non-hydrogen) atoms. The van der Waals surface area contributed by atoms with Gasteiger partial charge in [0.2, 0.25) is 0 Å². The maximum atomic E-state index is 11.2. The van der Waals surface area contributed by atoms with Crippen molar-refractivity contribution in [2.45, 2.75) is 32.6 Å². The van der Waals surface area contributed by atoms with Gasteiger partial charge < -0.3 is 4.74 Å². The van der Waals surface area contributed by atoms with E-state index in [1.165, 1.54) is 34.7 Å². The Morgan fingerprint density at radius 1 is 1.10 bits per heavy atom. The smallest absolute Gasteiger partial charge is 0.302 e. The molecule has 2 nitrogen and oxygen atoms in total. The van der Waals surface area contributed by atoms with Crippen molar-refractivity contribution in [1.82, 2.24) is 0 Å². The number of esters is 1. The van der Waals surface area contributed by atoms with Crippen LogP contribution in [0.2, 0.25) is 0 Å². The second kappa shape index (κ2) is 5.72. The molecule has 0 heterocycles. The number of hydrogen-bond donors (Lipinski definition) is 0. The second-order valence-corrected chi connectivity index (χ2v) is 5.61. The molecular formula is C19H20O2. The van der Waals surface area contributed by atoms with Crippen LogP contribution in [0, 0.1) is 0 Å². The molecule has 0 bridgehead atoms. The highest BCUT2D eigenvalue weighted by Gasteiger charge is 2.29. The average molecular weight is 280 g/mol. The summed E-state index contributed by atoms with van der Waals surface area (Å²) in [5.74, 6) is -0.0532. The van der Waals surface area contributed by atoms with Crippen LogP contribution in [0.25, 0.3) is 11.1 Å². The third-order valence-electron chi connectivity index (χ3n) is 4.11. The Bertz CT molecular complexity index is 673. The maximum absolute atomic E-state index is 11.2. The van der Waals surface area contributed by atoms with Gasteiger partial charge in [0.1, 0.15) is 6.61 Å². The molecule has 0 aromatic heterocycles. The molecule has 108 valence electrons. The lowest BCUT2D eigenvalue weighted by molar-refractivity contribution is -0.141. The fraction of sp³-hybridized carbons (Fsp3) is 0.316. The summed E-state index contributed by atoms with van der Waals surface area (Å²) >= 11 is 0. The first kappa shape index (κ1) is 13.9. The zero-order chi connectivity index (χ0) is 14.8. The molecule has 0 aliphatic heterocycles. The molecule has 1 unspecified atom stereocenters. The summed E-state index contributed by atoms with van der Waals surface area (Å²) in [5.41, 5.74) is 6.47. The topological polar surface area (TPSA) is 26.3 Å². The van der Waals surface area contributed by atoms with Crippen LogP contribution in [0.5, 0.6) is 0 Å². The summed E-state index contributed by atoms with van der Waals surface area (Å²) in [6, 6.07) is 15.1. The Morgan fingerprint density at radius 3 is 2.62 bits per heavy atom. The standard InChI is InChI=1S/C19H20O2/c1-3-6-14-9-10-17-15-7-4-5-8-16(15)19(18(17)11-14)12-21-13(2)20/h4-5,7-11,19H,3,6,12H2,1-2H3. The van der Waals surface area contributed by atoms with Gasteiger partial charge in [-0.15, -0.1) is 0 Å². The first-order chi connectivity index (χ1) is 10.2. The zero-order valence-corrected chi connectivity index (χ0v) is 12.6. The predicted molar refractivity (Wildman–Crippen MR) is 84.3 cm³/mol. The molecule has 0 radical (unpaired) electrons. The van der Waals surface area contributed by atoms with Crippen LogP contribution in [0.4, 0.5) is 0 Å². The number of hydrogen-bond acceptors (Lipinski definition) is 2. The number of aryl methyl sites for hydroxylation is 1. The van der Waals surface area contributed by atoms with E-state index in [9.17, 15) is 4.79 Å². The van der Waals surface area contributed by atoms with E-state index >= 15 is 0 Å². The summed E-state index contributed by atoms with van der Waals surface area (Å²) in [5, 5.41) is 0. The third-order valence-corrected chi connectivity index (χ3v) is 4.11. The van der Waals surface area contributed by atoms with Gasteiger partial charge in [0, 0.05) is 12.8 Å². The lowest BCUT2D eigenvalue weighted by atomic mass is 9.95. The fourth-order valence-corrected chi connectivity index (χ4v) is 3.18. The van der Waals surface area contributed by atoms with Crippen molar-refractivity contribution in [3.63, 3.8) is 0 Å². The summed E-state index contributed by atoms with van der Waals surface area (Å²) in [7, 11) is 0. The van der Waals surface area contributed by atoms with E-state index in [2.05, 4.69) is 49.4 Å². The van der Waals surface area contributed by atoms with Crippen LogP contribution in [0.1, 0.15) is 42.9 Å². The van der Waals surface area contributed by atoms with Gasteiger partial charge in [-0.05, 0) is 34.2 Å². The lowest BCUT2D eigenvalue weighted by Gasteiger charge is -2.14. The number of ether oxygens (including phenoxy) is 1. The third kappa shape index (κ3) is 2.58. The first-order valence-electron chi connectivity index (χ1n) is 7.56. The monoisotopic (exact) mass is 280 g/mol. The van der Waals surface area contributed by atoms with Gasteiger partial charge in [0.15, 0.2) is 0 Å². The van der Waals surface area contributed by atoms with Gasteiger partial charge in [-0.1, -0.05) is 55.8 Å². The summed E-state index contributed by atoms with van der Waals surface area (Å²) in [4.78, 5) is 11.2. The molecule has 2 aromatic carbocycles. The van der Waals surface area contributed by atoms with Crippen LogP contribution in [0.15, 0.2) is 42.5 Å². The van der Waals surface area contributed by atoms with Gasteiger partial charge in [-0.3, -0.25) is 4.79 Å². The molecular weight excluding hydrogens is 260 g/mol. The molecule has 0 fully saturated rings. The molecule has 1 aliphatic rings. The summed E-state index contributed by atoms with van der Waals surface area (Å²) in [6.07, 6.45) is 2.23. The molecule has 2 aromatic rings. The maximum Gasteiger partial charge on any atom is 0.302 e. The van der Waals surface area contributed by atoms with Gasteiger partial charge >= 0.3 is 5.97 Å². The summed E-state index contributed by atoms with van der Waals surface area (Å²) < 4.78 is 5.30. The molecule has 1 atom stereocenters. The number of carbonyl (C=O) groups excluding carboxylic acids is 1. The minimum absolute atomic E-state index is 0.164. The first-order valence-corrected chi connectivity index (χ1v) is 7.56. The van der Waals surface area contributed by atoms with Crippen molar-refractivity contribution in [3.05, 3.63) is 59.2 Å². The van der Waals surface area contributed by atoms with Gasteiger partial charge in [0.25, 0.3) is 0 Å². The van der Waals surface area contributed by atoms with Crippen LogP contribution < -0.4 is 0 Å². The van der Waals surface area contributed by atoms with E-state index in [0.717, 1.165) is 12.8 Å². The van der Waals surface area contributed by atoms with Crippen LogP contribution >= 0.6 is 0 Å². The summed E-state index contributed by atoms with van der Waals surface area (Å²) in [6.45, 7) is 4.09. The fourth-order valence-electron chi connectivity index (χ4n) is 3.18. The second-order valence-electron chi connectivity index (χ2n) is 5.61. The molecule has 3 rings (SSSR count). The highest BCUT2D eigenvalue weighted by atomic mass is 16.5. The normalized spacial score (nSPS) is 15.4. The Balaban J connectivity index is 2.03. The lowest BCUT2D eigenvalue weighted by Crippen LogP contribution is -2.10. The van der Waals surface area contributed by atoms with E-state index in [1.807, 2.05) is 0 Å².